The minimum atomic E-state index is -0.891. The zero-order chi connectivity index (χ0) is 15.9. The molecule has 2 aromatic rings. The molecule has 0 aliphatic rings. The van der Waals surface area contributed by atoms with Gasteiger partial charge in [-0.05, 0) is 29.0 Å². The third-order valence-electron chi connectivity index (χ3n) is 3.52. The predicted molar refractivity (Wildman–Crippen MR) is 90.2 cm³/mol. The van der Waals surface area contributed by atoms with E-state index >= 15 is 0 Å². The van der Waals surface area contributed by atoms with Crippen LogP contribution in [0.25, 0.3) is 10.8 Å². The van der Waals surface area contributed by atoms with Crippen molar-refractivity contribution in [1.29, 1.82) is 0 Å². The van der Waals surface area contributed by atoms with Gasteiger partial charge in [-0.3, -0.25) is 9.59 Å². The lowest BCUT2D eigenvalue weighted by Crippen LogP contribution is -2.35. The van der Waals surface area contributed by atoms with Gasteiger partial charge in [-0.2, -0.15) is 11.8 Å². The van der Waals surface area contributed by atoms with E-state index in [0.717, 1.165) is 16.3 Å². The van der Waals surface area contributed by atoms with Crippen molar-refractivity contribution in [3.05, 3.63) is 48.0 Å². The molecule has 1 atom stereocenters. The van der Waals surface area contributed by atoms with Gasteiger partial charge >= 0.3 is 5.97 Å². The van der Waals surface area contributed by atoms with Crippen molar-refractivity contribution in [2.45, 2.75) is 6.42 Å². The van der Waals surface area contributed by atoms with Crippen LogP contribution in [-0.2, 0) is 16.0 Å². The van der Waals surface area contributed by atoms with Crippen LogP contribution in [0.3, 0.4) is 0 Å². The number of carbonyl (C=O) groups excluding carboxylic acids is 1. The van der Waals surface area contributed by atoms with Gasteiger partial charge in [-0.25, -0.2) is 0 Å². The van der Waals surface area contributed by atoms with Gasteiger partial charge in [0, 0.05) is 6.54 Å². The number of carbonyl (C=O) groups is 2. The van der Waals surface area contributed by atoms with Gasteiger partial charge in [0.15, 0.2) is 0 Å². The monoisotopic (exact) mass is 317 g/mol. The smallest absolute Gasteiger partial charge is 0.308 e. The average molecular weight is 317 g/mol. The Morgan fingerprint density at radius 3 is 2.64 bits per heavy atom. The van der Waals surface area contributed by atoms with Gasteiger partial charge in [0.2, 0.25) is 5.91 Å². The molecule has 0 aromatic heterocycles. The van der Waals surface area contributed by atoms with Crippen LogP contribution in [0, 0.1) is 5.92 Å². The summed E-state index contributed by atoms with van der Waals surface area (Å²) in [7, 11) is 0. The van der Waals surface area contributed by atoms with Crippen molar-refractivity contribution in [3.63, 3.8) is 0 Å². The van der Waals surface area contributed by atoms with E-state index in [-0.39, 0.29) is 12.5 Å². The second-order valence-electron chi connectivity index (χ2n) is 5.11. The maximum Gasteiger partial charge on any atom is 0.308 e. The molecule has 2 N–H and O–H groups in total. The molecule has 0 radical (unpaired) electrons. The Morgan fingerprint density at radius 1 is 1.18 bits per heavy atom. The summed E-state index contributed by atoms with van der Waals surface area (Å²) >= 11 is 1.42. The molecule has 5 heteroatoms. The molecule has 0 aliphatic heterocycles. The minimum Gasteiger partial charge on any atom is -0.481 e. The number of hydrogen-bond donors (Lipinski definition) is 2. The number of aliphatic carboxylic acids is 1. The number of fused-ring (bicyclic) bond motifs is 1. The van der Waals surface area contributed by atoms with Crippen molar-refractivity contribution in [2.75, 3.05) is 18.6 Å². The molecule has 0 fully saturated rings. The van der Waals surface area contributed by atoms with E-state index in [1.54, 1.807) is 0 Å². The average Bonchev–Trinajstić information content (AvgIpc) is 2.51. The second kappa shape index (κ2) is 7.84. The summed E-state index contributed by atoms with van der Waals surface area (Å²) in [5.41, 5.74) is 0.990. The van der Waals surface area contributed by atoms with Crippen molar-refractivity contribution in [3.8, 4) is 0 Å². The summed E-state index contributed by atoms with van der Waals surface area (Å²) in [6, 6.07) is 13.8. The lowest BCUT2D eigenvalue weighted by atomic mass is 9.95. The number of hydrogen-bond acceptors (Lipinski definition) is 3. The van der Waals surface area contributed by atoms with E-state index in [1.165, 1.54) is 11.8 Å². The van der Waals surface area contributed by atoms with E-state index in [4.69, 9.17) is 0 Å². The SMILES string of the molecule is CSCC(=O)NCC(Cc1cccc2ccccc12)C(=O)O. The molecule has 4 nitrogen and oxygen atoms in total. The molecule has 0 bridgehead atoms. The highest BCUT2D eigenvalue weighted by molar-refractivity contribution is 7.99. The molecule has 0 aliphatic carbocycles. The number of amides is 1. The number of rotatable bonds is 7. The Morgan fingerprint density at radius 2 is 1.91 bits per heavy atom. The first kappa shape index (κ1) is 16.4. The molecular weight excluding hydrogens is 298 g/mol. The molecule has 1 unspecified atom stereocenters. The Labute approximate surface area is 133 Å². The fraction of sp³-hybridized carbons (Fsp3) is 0.294. The standard InChI is InChI=1S/C17H19NO3S/c1-22-11-16(19)18-10-14(17(20)21)9-13-7-4-6-12-5-2-3-8-15(12)13/h2-8,14H,9-11H2,1H3,(H,18,19)(H,20,21). The van der Waals surface area contributed by atoms with Gasteiger partial charge < -0.3 is 10.4 Å². The number of carboxylic acid groups (broad SMARTS) is 1. The molecule has 2 rings (SSSR count). The highest BCUT2D eigenvalue weighted by atomic mass is 32.2. The van der Waals surface area contributed by atoms with Crippen LogP contribution in [-0.4, -0.2) is 35.5 Å². The van der Waals surface area contributed by atoms with Gasteiger partial charge in [0.25, 0.3) is 0 Å². The maximum atomic E-state index is 11.5. The van der Waals surface area contributed by atoms with Gasteiger partial charge in [0.1, 0.15) is 0 Å². The lowest BCUT2D eigenvalue weighted by Gasteiger charge is -2.15. The van der Waals surface area contributed by atoms with Crippen molar-refractivity contribution >= 4 is 34.4 Å². The highest BCUT2D eigenvalue weighted by Gasteiger charge is 2.19. The molecule has 116 valence electrons. The van der Waals surface area contributed by atoms with Gasteiger partial charge in [-0.1, -0.05) is 42.5 Å². The van der Waals surface area contributed by atoms with E-state index in [1.807, 2.05) is 48.7 Å². The number of nitrogens with one attached hydrogen (secondary N) is 1. The topological polar surface area (TPSA) is 66.4 Å². The summed E-state index contributed by atoms with van der Waals surface area (Å²) < 4.78 is 0. The van der Waals surface area contributed by atoms with E-state index < -0.39 is 11.9 Å². The molecule has 1 amide bonds. The number of thioether (sulfide) groups is 1. The van der Waals surface area contributed by atoms with Crippen LogP contribution in [0.2, 0.25) is 0 Å². The molecule has 0 spiro atoms. The van der Waals surface area contributed by atoms with Crippen LogP contribution >= 0.6 is 11.8 Å². The first-order valence-electron chi connectivity index (χ1n) is 7.07. The van der Waals surface area contributed by atoms with Crippen LogP contribution < -0.4 is 5.32 Å². The second-order valence-corrected chi connectivity index (χ2v) is 5.98. The van der Waals surface area contributed by atoms with Crippen LogP contribution in [0.5, 0.6) is 0 Å². The first-order chi connectivity index (χ1) is 10.6. The van der Waals surface area contributed by atoms with E-state index in [9.17, 15) is 14.7 Å². The third kappa shape index (κ3) is 4.24. The third-order valence-corrected chi connectivity index (χ3v) is 4.07. The van der Waals surface area contributed by atoms with E-state index in [0.29, 0.717) is 12.2 Å². The number of benzene rings is 2. The molecule has 2 aromatic carbocycles. The van der Waals surface area contributed by atoms with Gasteiger partial charge in [0.05, 0.1) is 11.7 Å². The van der Waals surface area contributed by atoms with Gasteiger partial charge in [-0.15, -0.1) is 0 Å². The largest absolute Gasteiger partial charge is 0.481 e. The zero-order valence-corrected chi connectivity index (χ0v) is 13.2. The van der Waals surface area contributed by atoms with Crippen molar-refractivity contribution in [2.24, 2.45) is 5.92 Å². The van der Waals surface area contributed by atoms with Crippen LogP contribution in [0.4, 0.5) is 0 Å². The van der Waals surface area contributed by atoms with Crippen molar-refractivity contribution < 1.29 is 14.7 Å². The summed E-state index contributed by atoms with van der Waals surface area (Å²) in [5.74, 6) is -1.30. The molecular formula is C17H19NO3S. The Kier molecular flexibility index (Phi) is 5.83. The quantitative estimate of drug-likeness (QED) is 0.823. The lowest BCUT2D eigenvalue weighted by molar-refractivity contribution is -0.141. The molecule has 0 saturated heterocycles. The summed E-state index contributed by atoms with van der Waals surface area (Å²) in [6.07, 6.45) is 2.24. The maximum absolute atomic E-state index is 11.5. The molecule has 0 saturated carbocycles. The number of carboxylic acids is 1. The fourth-order valence-electron chi connectivity index (χ4n) is 2.40. The molecule has 0 heterocycles. The normalized spacial score (nSPS) is 12.0. The Bertz CT molecular complexity index is 667. The highest BCUT2D eigenvalue weighted by Crippen LogP contribution is 2.21. The van der Waals surface area contributed by atoms with Crippen molar-refractivity contribution in [1.82, 2.24) is 5.32 Å². The zero-order valence-electron chi connectivity index (χ0n) is 12.4. The summed E-state index contributed by atoms with van der Waals surface area (Å²) in [6.45, 7) is 0.151. The predicted octanol–water partition coefficient (Wildman–Crippen LogP) is 2.56. The van der Waals surface area contributed by atoms with Crippen LogP contribution in [0.1, 0.15) is 5.56 Å². The fourth-order valence-corrected chi connectivity index (χ4v) is 2.77. The molecule has 22 heavy (non-hydrogen) atoms. The Hall–Kier alpha value is -2.01. The summed E-state index contributed by atoms with van der Waals surface area (Å²) in [5, 5.41) is 14.2. The van der Waals surface area contributed by atoms with Crippen LogP contribution in [0.15, 0.2) is 42.5 Å². The minimum absolute atomic E-state index is 0.128. The Balaban J connectivity index is 2.13. The van der Waals surface area contributed by atoms with E-state index in [2.05, 4.69) is 5.32 Å². The summed E-state index contributed by atoms with van der Waals surface area (Å²) in [4.78, 5) is 23.0. The first-order valence-corrected chi connectivity index (χ1v) is 8.46.